The highest BCUT2D eigenvalue weighted by Gasteiger charge is 2.34. The Morgan fingerprint density at radius 1 is 1.41 bits per heavy atom. The van der Waals surface area contributed by atoms with Crippen molar-refractivity contribution < 1.29 is 13.2 Å². The number of hydrogen-bond donors (Lipinski definition) is 0. The van der Waals surface area contributed by atoms with Gasteiger partial charge in [0.1, 0.15) is 0 Å². The van der Waals surface area contributed by atoms with Crippen molar-refractivity contribution in [3.05, 3.63) is 28.2 Å². The van der Waals surface area contributed by atoms with Gasteiger partial charge in [-0.05, 0) is 31.5 Å². The van der Waals surface area contributed by atoms with Gasteiger partial charge in [-0.25, -0.2) is 8.42 Å². The van der Waals surface area contributed by atoms with Crippen LogP contribution in [0.1, 0.15) is 13.3 Å². The van der Waals surface area contributed by atoms with Gasteiger partial charge < -0.3 is 4.90 Å². The van der Waals surface area contributed by atoms with Gasteiger partial charge in [-0.15, -0.1) is 11.8 Å². The van der Waals surface area contributed by atoms with Gasteiger partial charge in [-0.1, -0.05) is 23.2 Å². The molecule has 1 fully saturated rings. The van der Waals surface area contributed by atoms with Crippen LogP contribution < -0.4 is 0 Å². The number of benzene rings is 1. The Labute approximate surface area is 145 Å². The molecule has 0 unspecified atom stereocenters. The molecule has 1 aromatic rings. The van der Waals surface area contributed by atoms with Gasteiger partial charge in [0.15, 0.2) is 9.84 Å². The van der Waals surface area contributed by atoms with Crippen molar-refractivity contribution in [3.8, 4) is 0 Å². The maximum Gasteiger partial charge on any atom is 0.235 e. The predicted octanol–water partition coefficient (Wildman–Crippen LogP) is 3.12. The monoisotopic (exact) mass is 381 g/mol. The van der Waals surface area contributed by atoms with Crippen LogP contribution in [-0.2, 0) is 14.6 Å². The van der Waals surface area contributed by atoms with Crippen LogP contribution in [-0.4, -0.2) is 49.1 Å². The molecule has 1 saturated heterocycles. The molecule has 1 heterocycles. The van der Waals surface area contributed by atoms with Gasteiger partial charge in [-0.3, -0.25) is 4.79 Å². The first-order valence-electron chi connectivity index (χ1n) is 6.78. The van der Waals surface area contributed by atoms with Gasteiger partial charge in [0.25, 0.3) is 0 Å². The lowest BCUT2D eigenvalue weighted by molar-refractivity contribution is -0.130. The standard InChI is InChI=1S/C14H17Cl2NO3S2/c1-9(21-13-7-10(15)3-4-12(13)16)14(18)17(2)11-5-6-22(19,20)8-11/h3-4,7,9,11H,5-6,8H2,1-2H3/t9-,11-/m0/s1. The van der Waals surface area contributed by atoms with Crippen LogP contribution in [0.3, 0.4) is 0 Å². The van der Waals surface area contributed by atoms with Crippen LogP contribution in [0.4, 0.5) is 0 Å². The SMILES string of the molecule is C[C@H](Sc1cc(Cl)ccc1Cl)C(=O)N(C)[C@H]1CCS(=O)(=O)C1. The van der Waals surface area contributed by atoms with Gasteiger partial charge in [-0.2, -0.15) is 0 Å². The van der Waals surface area contributed by atoms with Crippen molar-refractivity contribution in [2.45, 2.75) is 29.5 Å². The third kappa shape index (κ3) is 4.31. The van der Waals surface area contributed by atoms with Crippen LogP contribution in [0.25, 0.3) is 0 Å². The lowest BCUT2D eigenvalue weighted by atomic mass is 10.2. The average molecular weight is 382 g/mol. The summed E-state index contributed by atoms with van der Waals surface area (Å²) in [5.41, 5.74) is 0. The topological polar surface area (TPSA) is 54.5 Å². The summed E-state index contributed by atoms with van der Waals surface area (Å²) in [6.07, 6.45) is 0.500. The number of nitrogens with zero attached hydrogens (tertiary/aromatic N) is 1. The minimum absolute atomic E-state index is 0.0462. The fourth-order valence-corrected chi connectivity index (χ4v) is 5.64. The van der Waals surface area contributed by atoms with Crippen molar-refractivity contribution >= 4 is 50.7 Å². The molecular weight excluding hydrogens is 365 g/mol. The molecule has 0 bridgehead atoms. The van der Waals surface area contributed by atoms with Crippen molar-refractivity contribution in [1.29, 1.82) is 0 Å². The second-order valence-electron chi connectivity index (χ2n) is 5.34. The number of sulfone groups is 1. The van der Waals surface area contributed by atoms with Crippen molar-refractivity contribution in [3.63, 3.8) is 0 Å². The summed E-state index contributed by atoms with van der Waals surface area (Å²) < 4.78 is 23.1. The van der Waals surface area contributed by atoms with Crippen LogP contribution in [0.5, 0.6) is 0 Å². The summed E-state index contributed by atoms with van der Waals surface area (Å²) in [6.45, 7) is 1.78. The second-order valence-corrected chi connectivity index (χ2v) is 9.80. The Hall–Kier alpha value is -0.430. The van der Waals surface area contributed by atoms with E-state index < -0.39 is 9.84 Å². The molecule has 0 N–H and O–H groups in total. The van der Waals surface area contributed by atoms with Gasteiger partial charge >= 0.3 is 0 Å². The zero-order valence-electron chi connectivity index (χ0n) is 12.3. The number of carbonyl (C=O) groups excluding carboxylic acids is 1. The Morgan fingerprint density at radius 2 is 2.09 bits per heavy atom. The molecule has 1 aromatic carbocycles. The maximum absolute atomic E-state index is 12.5. The Morgan fingerprint density at radius 3 is 2.68 bits per heavy atom. The average Bonchev–Trinajstić information content (AvgIpc) is 2.81. The van der Waals surface area contributed by atoms with E-state index in [1.807, 2.05) is 0 Å². The quantitative estimate of drug-likeness (QED) is 0.751. The molecule has 0 spiro atoms. The van der Waals surface area contributed by atoms with Gasteiger partial charge in [0.05, 0.1) is 21.8 Å². The highest BCUT2D eigenvalue weighted by Crippen LogP contribution is 2.33. The van der Waals surface area contributed by atoms with E-state index in [0.29, 0.717) is 16.5 Å². The Bertz CT molecular complexity index is 679. The molecule has 122 valence electrons. The first kappa shape index (κ1) is 17.9. The molecule has 1 aliphatic rings. The minimum Gasteiger partial charge on any atom is -0.341 e. The summed E-state index contributed by atoms with van der Waals surface area (Å²) in [4.78, 5) is 14.8. The number of halogens is 2. The molecule has 1 aliphatic heterocycles. The molecule has 2 atom stereocenters. The highest BCUT2D eigenvalue weighted by molar-refractivity contribution is 8.00. The zero-order valence-corrected chi connectivity index (χ0v) is 15.4. The molecule has 1 amide bonds. The molecule has 0 aliphatic carbocycles. The minimum atomic E-state index is -3.01. The summed E-state index contributed by atoms with van der Waals surface area (Å²) in [5.74, 6) is 0.0877. The first-order valence-corrected chi connectivity index (χ1v) is 10.2. The summed E-state index contributed by atoms with van der Waals surface area (Å²) in [7, 11) is -1.35. The van der Waals surface area contributed by atoms with Crippen LogP contribution in [0.15, 0.2) is 23.1 Å². The van der Waals surface area contributed by atoms with Crippen LogP contribution >= 0.6 is 35.0 Å². The van der Waals surface area contributed by atoms with Crippen LogP contribution in [0.2, 0.25) is 10.0 Å². The predicted molar refractivity (Wildman–Crippen MR) is 91.6 cm³/mol. The van der Waals surface area contributed by atoms with Gasteiger partial charge in [0, 0.05) is 23.0 Å². The maximum atomic E-state index is 12.5. The fraction of sp³-hybridized carbons (Fsp3) is 0.500. The van der Waals surface area contributed by atoms with E-state index in [1.165, 1.54) is 11.8 Å². The zero-order chi connectivity index (χ0) is 16.5. The molecule has 0 saturated carbocycles. The molecule has 4 nitrogen and oxygen atoms in total. The molecule has 22 heavy (non-hydrogen) atoms. The van der Waals surface area contributed by atoms with Crippen LogP contribution in [0, 0.1) is 0 Å². The van der Waals surface area contributed by atoms with E-state index in [2.05, 4.69) is 0 Å². The van der Waals surface area contributed by atoms with Crippen molar-refractivity contribution in [2.24, 2.45) is 0 Å². The van der Waals surface area contributed by atoms with E-state index in [4.69, 9.17) is 23.2 Å². The van der Waals surface area contributed by atoms with E-state index in [0.717, 1.165) is 4.90 Å². The van der Waals surface area contributed by atoms with Gasteiger partial charge in [0.2, 0.25) is 5.91 Å². The summed E-state index contributed by atoms with van der Waals surface area (Å²) >= 11 is 13.4. The third-order valence-electron chi connectivity index (χ3n) is 3.65. The summed E-state index contributed by atoms with van der Waals surface area (Å²) in [5, 5.41) is 0.728. The largest absolute Gasteiger partial charge is 0.341 e. The Balaban J connectivity index is 2.04. The third-order valence-corrected chi connectivity index (χ3v) is 7.22. The number of thioether (sulfide) groups is 1. The molecule has 2 rings (SSSR count). The molecule has 0 aromatic heterocycles. The molecular formula is C14H17Cl2NO3S2. The Kier molecular flexibility index (Phi) is 5.69. The second kappa shape index (κ2) is 6.99. The fourth-order valence-electron chi connectivity index (χ4n) is 2.36. The molecule has 0 radical (unpaired) electrons. The first-order chi connectivity index (χ1) is 10.2. The van der Waals surface area contributed by atoms with E-state index in [-0.39, 0.29) is 28.7 Å². The lowest BCUT2D eigenvalue weighted by Crippen LogP contribution is -2.41. The number of amides is 1. The van der Waals surface area contributed by atoms with E-state index in [9.17, 15) is 13.2 Å². The van der Waals surface area contributed by atoms with E-state index in [1.54, 1.807) is 37.1 Å². The molecule has 8 heteroatoms. The highest BCUT2D eigenvalue weighted by atomic mass is 35.5. The lowest BCUT2D eigenvalue weighted by Gasteiger charge is -2.26. The van der Waals surface area contributed by atoms with Crippen molar-refractivity contribution in [1.82, 2.24) is 4.90 Å². The number of hydrogen-bond acceptors (Lipinski definition) is 4. The number of carbonyl (C=O) groups is 1. The smallest absolute Gasteiger partial charge is 0.235 e. The summed E-state index contributed by atoms with van der Waals surface area (Å²) in [6, 6.07) is 4.86. The van der Waals surface area contributed by atoms with E-state index >= 15 is 0 Å². The van der Waals surface area contributed by atoms with Crippen molar-refractivity contribution in [2.75, 3.05) is 18.6 Å². The number of rotatable bonds is 4. The normalized spacial score (nSPS) is 21.5.